The maximum atomic E-state index is 13.8. The lowest BCUT2D eigenvalue weighted by Gasteiger charge is -2.14. The van der Waals surface area contributed by atoms with Gasteiger partial charge in [0.25, 0.3) is 0 Å². The van der Waals surface area contributed by atoms with Crippen molar-refractivity contribution in [2.45, 2.75) is 13.8 Å². The number of aromatic nitrogens is 1. The Morgan fingerprint density at radius 3 is 2.25 bits per heavy atom. The first-order valence-electron chi connectivity index (χ1n) is 10.5. The van der Waals surface area contributed by atoms with Crippen LogP contribution >= 0.6 is 7.77 Å². The molecule has 1 unspecified atom stereocenters. The summed E-state index contributed by atoms with van der Waals surface area (Å²) in [6, 6.07) is 24.6. The minimum Gasteiger partial charge on any atom is -0.624 e. The fourth-order valence-electron chi connectivity index (χ4n) is 3.73. The third-order valence-electron chi connectivity index (χ3n) is 5.07. The van der Waals surface area contributed by atoms with E-state index < -0.39 is 13.7 Å². The number of nitrogens with one attached hydrogen (secondary N) is 1. The lowest BCUT2D eigenvalue weighted by Crippen LogP contribution is -2.13. The van der Waals surface area contributed by atoms with Gasteiger partial charge in [0.2, 0.25) is 5.07 Å². The normalized spacial score (nSPS) is 11.8. The third kappa shape index (κ3) is 4.18. The number of fused-ring (bicyclic) bond motifs is 1. The van der Waals surface area contributed by atoms with E-state index in [-0.39, 0.29) is 12.3 Å². The molecule has 0 saturated heterocycles. The van der Waals surface area contributed by atoms with E-state index in [4.69, 9.17) is 9.47 Å². The molecule has 4 aromatic rings. The Kier molecular flexibility index (Phi) is 6.69. The van der Waals surface area contributed by atoms with Gasteiger partial charge in [-0.2, -0.15) is 0 Å². The van der Waals surface area contributed by atoms with Crippen LogP contribution in [-0.4, -0.2) is 24.2 Å². The van der Waals surface area contributed by atoms with E-state index in [0.29, 0.717) is 22.7 Å². The Morgan fingerprint density at radius 1 is 0.875 bits per heavy atom. The molecule has 5 nitrogen and oxygen atoms in total. The summed E-state index contributed by atoms with van der Waals surface area (Å²) in [5, 5.41) is 2.65. The molecule has 0 amide bonds. The standard InChI is InChI=1S/C26H24NO4P/c1-3-30-21-16-10-11-17-22(21)32(29)25-20-15-9-8-14-19(20)23(18-12-6-5-7-13-18)24(27-25)26(28)31-4-2/h5-17,27H,3-4H2,1-2H3. The van der Waals surface area contributed by atoms with E-state index in [0.717, 1.165) is 21.9 Å². The first-order chi connectivity index (χ1) is 15.7. The Bertz CT molecular complexity index is 1330. The van der Waals surface area contributed by atoms with Crippen molar-refractivity contribution in [3.8, 4) is 16.9 Å². The zero-order valence-electron chi connectivity index (χ0n) is 18.0. The third-order valence-corrected chi connectivity index (χ3v) is 6.64. The van der Waals surface area contributed by atoms with Crippen LogP contribution in [0.2, 0.25) is 0 Å². The molecule has 0 aliphatic rings. The van der Waals surface area contributed by atoms with E-state index >= 15 is 0 Å². The monoisotopic (exact) mass is 445 g/mol. The van der Waals surface area contributed by atoms with Crippen LogP contribution in [0.15, 0.2) is 78.9 Å². The molecule has 4 rings (SSSR count). The topological polar surface area (TPSA) is 74.4 Å². The number of carbonyl (C=O) groups excluding carboxylic acids is 1. The maximum absolute atomic E-state index is 13.8. The summed E-state index contributed by atoms with van der Waals surface area (Å²) in [5.74, 6) is 0.0817. The Balaban J connectivity index is 2.13. The van der Waals surface area contributed by atoms with Gasteiger partial charge in [-0.25, -0.2) is 4.79 Å². The highest BCUT2D eigenvalue weighted by molar-refractivity contribution is 7.51. The number of esters is 1. The summed E-state index contributed by atoms with van der Waals surface area (Å²) in [5.41, 5.74) is 1.88. The predicted octanol–water partition coefficient (Wildman–Crippen LogP) is 5.02. The molecule has 0 aliphatic heterocycles. The maximum Gasteiger partial charge on any atom is 0.355 e. The Labute approximate surface area is 187 Å². The highest BCUT2D eigenvalue weighted by atomic mass is 31.1. The zero-order valence-corrected chi connectivity index (χ0v) is 18.9. The molecule has 3 aromatic carbocycles. The van der Waals surface area contributed by atoms with E-state index in [1.54, 1.807) is 19.1 Å². The van der Waals surface area contributed by atoms with Crippen molar-refractivity contribution in [1.29, 1.82) is 0 Å². The number of ether oxygens (including phenoxy) is 2. The number of pyridine rings is 1. The molecule has 0 aliphatic carbocycles. The van der Waals surface area contributed by atoms with Gasteiger partial charge in [-0.1, -0.05) is 60.7 Å². The second kappa shape index (κ2) is 9.82. The van der Waals surface area contributed by atoms with Gasteiger partial charge in [0, 0.05) is 10.9 Å². The van der Waals surface area contributed by atoms with Crippen LogP contribution in [0.3, 0.4) is 0 Å². The highest BCUT2D eigenvalue weighted by Gasteiger charge is 2.22. The average molecular weight is 445 g/mol. The Hall–Kier alpha value is -3.40. The summed E-state index contributed by atoms with van der Waals surface area (Å²) >= 11 is 0. The smallest absolute Gasteiger partial charge is 0.355 e. The van der Waals surface area contributed by atoms with Crippen molar-refractivity contribution in [2.24, 2.45) is 0 Å². The van der Waals surface area contributed by atoms with Gasteiger partial charge in [-0.15, -0.1) is 0 Å². The minimum atomic E-state index is -2.07. The number of benzene rings is 3. The molecule has 0 radical (unpaired) electrons. The van der Waals surface area contributed by atoms with Gasteiger partial charge in [0.15, 0.2) is 11.1 Å². The largest absolute Gasteiger partial charge is 0.624 e. The molecular formula is C26H24NO4P. The average Bonchev–Trinajstić information content (AvgIpc) is 2.84. The van der Waals surface area contributed by atoms with E-state index in [1.165, 1.54) is 0 Å². The number of aromatic amines is 1. The molecule has 6 heteroatoms. The first-order valence-corrected chi connectivity index (χ1v) is 11.8. The van der Waals surface area contributed by atoms with Crippen LogP contribution in [0.5, 0.6) is 5.75 Å². The van der Waals surface area contributed by atoms with Gasteiger partial charge in [0.05, 0.1) is 13.2 Å². The molecule has 1 heterocycles. The minimum absolute atomic E-state index is 0.238. The molecular weight excluding hydrogens is 421 g/mol. The number of carbonyl (C=O) groups is 1. The molecule has 0 spiro atoms. The van der Waals surface area contributed by atoms with Gasteiger partial charge >= 0.3 is 5.97 Å². The summed E-state index contributed by atoms with van der Waals surface area (Å²) in [7, 11) is -2.07. The fourth-order valence-corrected chi connectivity index (χ4v) is 5.16. The van der Waals surface area contributed by atoms with Crippen LogP contribution in [-0.2, 0) is 4.74 Å². The zero-order chi connectivity index (χ0) is 22.5. The molecule has 1 N–H and O–H groups in total. The molecule has 32 heavy (non-hydrogen) atoms. The van der Waals surface area contributed by atoms with Crippen molar-refractivity contribution < 1.29 is 19.2 Å². The van der Waals surface area contributed by atoms with Crippen molar-refractivity contribution in [3.05, 3.63) is 89.6 Å². The number of hydrogen-bond acceptors (Lipinski definition) is 4. The predicted molar refractivity (Wildman–Crippen MR) is 127 cm³/mol. The molecule has 0 fully saturated rings. The first kappa shape index (κ1) is 21.8. The van der Waals surface area contributed by atoms with Gasteiger partial charge in [-0.05, 0) is 43.0 Å². The van der Waals surface area contributed by atoms with Crippen LogP contribution in [0.4, 0.5) is 0 Å². The van der Waals surface area contributed by atoms with E-state index in [1.807, 2.05) is 73.7 Å². The summed E-state index contributed by atoms with van der Waals surface area (Å²) in [6.07, 6.45) is 0. The van der Waals surface area contributed by atoms with Crippen molar-refractivity contribution in [2.75, 3.05) is 13.2 Å². The van der Waals surface area contributed by atoms with Crippen LogP contribution in [0, 0.1) is 5.07 Å². The molecule has 0 saturated carbocycles. The van der Waals surface area contributed by atoms with Crippen molar-refractivity contribution in [3.63, 3.8) is 0 Å². The fraction of sp³-hybridized carbons (Fsp3) is 0.154. The van der Waals surface area contributed by atoms with Crippen LogP contribution in [0.1, 0.15) is 24.3 Å². The number of hydrogen-bond donors (Lipinski definition) is 1. The molecule has 1 aromatic heterocycles. The van der Waals surface area contributed by atoms with Crippen LogP contribution in [0.25, 0.3) is 21.9 Å². The molecule has 1 atom stereocenters. The van der Waals surface area contributed by atoms with Crippen molar-refractivity contribution in [1.82, 2.24) is 4.98 Å². The lowest BCUT2D eigenvalue weighted by atomic mass is 9.97. The highest BCUT2D eigenvalue weighted by Crippen LogP contribution is 2.35. The van der Waals surface area contributed by atoms with E-state index in [2.05, 4.69) is 4.98 Å². The number of rotatable bonds is 6. The Morgan fingerprint density at radius 2 is 1.53 bits per heavy atom. The summed E-state index contributed by atoms with van der Waals surface area (Å²) in [6.45, 7) is 4.35. The van der Waals surface area contributed by atoms with Gasteiger partial charge in [-0.3, -0.25) is 0 Å². The number of para-hydroxylation sites is 1. The SMILES string of the molecule is CCOC(=O)c1[nH]c(=[P+]([O-])c2ccccc2OCC)c2ccccc2c1-c1ccccc1. The number of H-pyrrole nitrogens is 1. The van der Waals surface area contributed by atoms with Gasteiger partial charge < -0.3 is 19.4 Å². The van der Waals surface area contributed by atoms with Crippen molar-refractivity contribution >= 4 is 29.8 Å². The molecule has 162 valence electrons. The second-order valence-corrected chi connectivity index (χ2v) is 8.57. The quantitative estimate of drug-likeness (QED) is 0.334. The van der Waals surface area contributed by atoms with Crippen LogP contribution < -0.4 is 14.9 Å². The molecule has 0 bridgehead atoms. The van der Waals surface area contributed by atoms with E-state index in [9.17, 15) is 9.69 Å². The summed E-state index contributed by atoms with van der Waals surface area (Å²) in [4.78, 5) is 30.0. The second-order valence-electron chi connectivity index (χ2n) is 7.05. The summed E-state index contributed by atoms with van der Waals surface area (Å²) < 4.78 is 11.1. The van der Waals surface area contributed by atoms with Gasteiger partial charge in [0.1, 0.15) is 13.5 Å². The lowest BCUT2D eigenvalue weighted by molar-refractivity contribution is -0.151.